The third-order valence-electron chi connectivity index (χ3n) is 17.1. The number of ether oxygens (including phenoxy) is 1. The zero-order valence-electron chi connectivity index (χ0n) is 43.2. The van der Waals surface area contributed by atoms with E-state index in [4.69, 9.17) is 10.00 Å². The fourth-order valence-electron chi connectivity index (χ4n) is 12.1. The molecule has 3 aromatic rings. The van der Waals surface area contributed by atoms with Crippen LogP contribution in [-0.4, -0.2) is 122 Å². The Kier molecular flexibility index (Phi) is 17.1. The SMILES string of the molecule is C.CC(C)(C)N1CCC2(CCN(c3ccc(C#N)cc3)CC2)C1.CC(C)(C)N1CCCC2(CCN(c3ccncc3)CC2)CC1.COc1ccc(N2CCC3(CC2)CCN(C(C)(C)C)C3)cc1. The second-order valence-electron chi connectivity index (χ2n) is 24.2. The molecule has 0 N–H and O–H groups in total. The number of methoxy groups -OCH3 is 1. The Balaban J connectivity index is 0.000000165. The molecule has 1 aromatic heterocycles. The Hall–Kier alpha value is -3.84. The van der Waals surface area contributed by atoms with Crippen LogP contribution in [0.4, 0.5) is 17.1 Å². The predicted molar refractivity (Wildman–Crippen MR) is 284 cm³/mol. The Bertz CT molecular complexity index is 1980. The fraction of sp³-hybridized carbons (Fsp3) is 0.690. The van der Waals surface area contributed by atoms with Crippen molar-refractivity contribution in [2.24, 2.45) is 16.2 Å². The summed E-state index contributed by atoms with van der Waals surface area (Å²) in [5.41, 5.74) is 7.33. The van der Waals surface area contributed by atoms with Gasteiger partial charge in [-0.15, -0.1) is 0 Å². The molecule has 6 fully saturated rings. The maximum atomic E-state index is 8.90. The molecule has 9 heteroatoms. The Labute approximate surface area is 409 Å². The average Bonchev–Trinajstić information content (AvgIpc) is 3.87. The molecule has 2 aromatic carbocycles. The van der Waals surface area contributed by atoms with Crippen molar-refractivity contribution in [3.05, 3.63) is 78.6 Å². The van der Waals surface area contributed by atoms with Gasteiger partial charge in [0, 0.05) is 98.4 Å². The van der Waals surface area contributed by atoms with Crippen LogP contribution < -0.4 is 19.4 Å². The van der Waals surface area contributed by atoms with Crippen LogP contribution >= 0.6 is 0 Å². The van der Waals surface area contributed by atoms with E-state index in [0.29, 0.717) is 32.9 Å². The van der Waals surface area contributed by atoms with E-state index in [1.807, 2.05) is 24.5 Å². The first kappa shape index (κ1) is 52.5. The molecule has 7 heterocycles. The summed E-state index contributed by atoms with van der Waals surface area (Å²) in [5.74, 6) is 0.939. The highest BCUT2D eigenvalue weighted by atomic mass is 16.5. The highest BCUT2D eigenvalue weighted by Gasteiger charge is 2.45. The summed E-state index contributed by atoms with van der Waals surface area (Å²) in [6.45, 7) is 35.8. The predicted octanol–water partition coefficient (Wildman–Crippen LogP) is 12.0. The molecule has 6 aliphatic rings. The van der Waals surface area contributed by atoms with Crippen LogP contribution in [0.25, 0.3) is 0 Å². The van der Waals surface area contributed by atoms with Crippen LogP contribution in [0.1, 0.15) is 146 Å². The summed E-state index contributed by atoms with van der Waals surface area (Å²) in [4.78, 5) is 19.7. The lowest BCUT2D eigenvalue weighted by Crippen LogP contribution is -2.45. The largest absolute Gasteiger partial charge is 0.497 e. The Morgan fingerprint density at radius 3 is 1.21 bits per heavy atom. The quantitative estimate of drug-likeness (QED) is 0.255. The minimum Gasteiger partial charge on any atom is -0.497 e. The summed E-state index contributed by atoms with van der Waals surface area (Å²) < 4.78 is 5.25. The van der Waals surface area contributed by atoms with Crippen LogP contribution in [0.3, 0.4) is 0 Å². The molecule has 0 radical (unpaired) electrons. The number of hydrogen-bond acceptors (Lipinski definition) is 9. The normalized spacial score (nSPS) is 22.3. The number of anilines is 3. The summed E-state index contributed by atoms with van der Waals surface area (Å²) >= 11 is 0. The molecule has 370 valence electrons. The lowest BCUT2D eigenvalue weighted by Gasteiger charge is -2.43. The smallest absolute Gasteiger partial charge is 0.119 e. The van der Waals surface area contributed by atoms with Gasteiger partial charge in [-0.1, -0.05) is 7.43 Å². The van der Waals surface area contributed by atoms with Gasteiger partial charge in [-0.3, -0.25) is 19.7 Å². The van der Waals surface area contributed by atoms with Crippen molar-refractivity contribution >= 4 is 17.1 Å². The highest BCUT2D eigenvalue weighted by molar-refractivity contribution is 5.51. The van der Waals surface area contributed by atoms with Gasteiger partial charge in [0.05, 0.1) is 18.7 Å². The van der Waals surface area contributed by atoms with Gasteiger partial charge in [-0.2, -0.15) is 5.26 Å². The van der Waals surface area contributed by atoms with Crippen molar-refractivity contribution in [3.8, 4) is 11.8 Å². The molecule has 0 atom stereocenters. The maximum absolute atomic E-state index is 8.90. The highest BCUT2D eigenvalue weighted by Crippen LogP contribution is 2.46. The summed E-state index contributed by atoms with van der Waals surface area (Å²) in [7, 11) is 1.72. The first-order valence-corrected chi connectivity index (χ1v) is 25.9. The molecule has 9 nitrogen and oxygen atoms in total. The third-order valence-corrected chi connectivity index (χ3v) is 17.1. The lowest BCUT2D eigenvalue weighted by molar-refractivity contribution is 0.126. The van der Waals surface area contributed by atoms with E-state index in [9.17, 15) is 0 Å². The van der Waals surface area contributed by atoms with Crippen molar-refractivity contribution in [2.75, 3.05) is 100 Å². The van der Waals surface area contributed by atoms with Crippen LogP contribution in [0.2, 0.25) is 0 Å². The molecule has 0 saturated carbocycles. The molecule has 3 spiro atoms. The maximum Gasteiger partial charge on any atom is 0.119 e. The van der Waals surface area contributed by atoms with Gasteiger partial charge in [0.15, 0.2) is 0 Å². The molecular weight excluding hydrogens is 825 g/mol. The topological polar surface area (TPSA) is 65.4 Å². The van der Waals surface area contributed by atoms with Crippen LogP contribution in [0.15, 0.2) is 73.1 Å². The molecule has 6 aliphatic heterocycles. The second kappa shape index (κ2) is 21.8. The van der Waals surface area contributed by atoms with Gasteiger partial charge in [0.25, 0.3) is 0 Å². The van der Waals surface area contributed by atoms with Gasteiger partial charge < -0.3 is 19.4 Å². The third kappa shape index (κ3) is 13.5. The molecule has 0 amide bonds. The van der Waals surface area contributed by atoms with Crippen molar-refractivity contribution in [1.29, 1.82) is 5.26 Å². The van der Waals surface area contributed by atoms with Crippen molar-refractivity contribution in [3.63, 3.8) is 0 Å². The number of likely N-dealkylation sites (tertiary alicyclic amines) is 3. The zero-order valence-corrected chi connectivity index (χ0v) is 43.2. The number of rotatable bonds is 4. The fourth-order valence-corrected chi connectivity index (χ4v) is 12.1. The second-order valence-corrected chi connectivity index (χ2v) is 24.2. The first-order valence-electron chi connectivity index (χ1n) is 25.9. The van der Waals surface area contributed by atoms with Gasteiger partial charge in [-0.05, 0) is 236 Å². The molecule has 0 unspecified atom stereocenters. The van der Waals surface area contributed by atoms with E-state index >= 15 is 0 Å². The lowest BCUT2D eigenvalue weighted by atomic mass is 9.73. The number of benzene rings is 2. The summed E-state index contributed by atoms with van der Waals surface area (Å²) in [5, 5.41) is 8.90. The molecule has 6 saturated heterocycles. The first-order chi connectivity index (χ1) is 31.3. The number of nitrogens with zero attached hydrogens (tertiary/aromatic N) is 8. The standard InChI is InChI=1S/C19H31N3.C19H27N3.C19H30N2O.CH4/c1-18(2,3)22-13-4-7-19(10-16-22)8-14-21(15-9-19)17-5-11-20-12-6-17;1-18(2,3)22-13-10-19(15-22)8-11-21(12-9-19)17-6-4-16(14-20)5-7-17;1-18(2,3)21-14-11-19(15-21)9-12-20(13-10-19)16-5-7-17(22-4)8-6-16;/h5-6,11-12H,4,7-10,13-16H2,1-3H3;4-7H,8-13,15H2,1-3H3;5-8H,9-15H2,1-4H3;1H4. The monoisotopic (exact) mass is 917 g/mol. The molecule has 0 aliphatic carbocycles. The minimum atomic E-state index is 0. The molecular formula is C58H92N8O. The number of pyridine rings is 1. The Morgan fingerprint density at radius 1 is 0.463 bits per heavy atom. The van der Waals surface area contributed by atoms with E-state index in [1.54, 1.807) is 7.11 Å². The van der Waals surface area contributed by atoms with E-state index < -0.39 is 0 Å². The minimum absolute atomic E-state index is 0. The van der Waals surface area contributed by atoms with Crippen LogP contribution in [0, 0.1) is 27.6 Å². The van der Waals surface area contributed by atoms with Gasteiger partial charge in [-0.25, -0.2) is 0 Å². The van der Waals surface area contributed by atoms with E-state index in [-0.39, 0.29) is 7.43 Å². The van der Waals surface area contributed by atoms with E-state index in [0.717, 1.165) is 24.4 Å². The van der Waals surface area contributed by atoms with Crippen molar-refractivity contribution < 1.29 is 4.74 Å². The number of nitriles is 1. The zero-order chi connectivity index (χ0) is 47.2. The molecule has 0 bridgehead atoms. The van der Waals surface area contributed by atoms with Crippen molar-refractivity contribution in [2.45, 2.75) is 157 Å². The summed E-state index contributed by atoms with van der Waals surface area (Å²) in [6.07, 6.45) is 18.7. The molecule has 9 rings (SSSR count). The van der Waals surface area contributed by atoms with Gasteiger partial charge in [0.2, 0.25) is 0 Å². The Morgan fingerprint density at radius 2 is 0.821 bits per heavy atom. The summed E-state index contributed by atoms with van der Waals surface area (Å²) in [6, 6.07) is 23.0. The average molecular weight is 917 g/mol. The van der Waals surface area contributed by atoms with E-state index in [1.165, 1.54) is 153 Å². The molecule has 67 heavy (non-hydrogen) atoms. The van der Waals surface area contributed by atoms with Crippen LogP contribution in [-0.2, 0) is 0 Å². The van der Waals surface area contributed by atoms with Crippen LogP contribution in [0.5, 0.6) is 5.75 Å². The van der Waals surface area contributed by atoms with Gasteiger partial charge in [0.1, 0.15) is 5.75 Å². The number of aromatic nitrogens is 1. The van der Waals surface area contributed by atoms with E-state index in [2.05, 4.69) is 151 Å². The van der Waals surface area contributed by atoms with Gasteiger partial charge >= 0.3 is 0 Å². The number of piperidine rings is 3. The van der Waals surface area contributed by atoms with Crippen molar-refractivity contribution in [1.82, 2.24) is 19.7 Å². The number of hydrogen-bond donors (Lipinski definition) is 0.